The predicted octanol–water partition coefficient (Wildman–Crippen LogP) is 6.42. The Morgan fingerprint density at radius 1 is 0.974 bits per heavy atom. The number of allylic oxidation sites excluding steroid dienone is 3. The fourth-order valence-corrected chi connectivity index (χ4v) is 5.79. The number of methoxy groups -OCH3 is 2. The summed E-state index contributed by atoms with van der Waals surface area (Å²) < 4.78 is 16.7. The van der Waals surface area contributed by atoms with E-state index in [0.29, 0.717) is 42.1 Å². The van der Waals surface area contributed by atoms with Gasteiger partial charge in [0.15, 0.2) is 17.3 Å². The van der Waals surface area contributed by atoms with E-state index in [1.54, 1.807) is 14.2 Å². The highest BCUT2D eigenvalue weighted by Gasteiger charge is 2.42. The van der Waals surface area contributed by atoms with Crippen molar-refractivity contribution in [1.29, 1.82) is 0 Å². The summed E-state index contributed by atoms with van der Waals surface area (Å²) in [6.07, 6.45) is 0.980. The molecule has 6 heteroatoms. The summed E-state index contributed by atoms with van der Waals surface area (Å²) >= 11 is 0. The first kappa shape index (κ1) is 26.5. The summed E-state index contributed by atoms with van der Waals surface area (Å²) in [5.41, 5.74) is 4.70. The molecule has 6 nitrogen and oxygen atoms in total. The van der Waals surface area contributed by atoms with Crippen LogP contribution < -0.4 is 14.8 Å². The predicted molar refractivity (Wildman–Crippen MR) is 152 cm³/mol. The molecule has 3 aromatic rings. The van der Waals surface area contributed by atoms with Crippen molar-refractivity contribution in [3.05, 3.63) is 94.3 Å². The van der Waals surface area contributed by atoms with E-state index in [9.17, 15) is 9.59 Å². The van der Waals surface area contributed by atoms with Gasteiger partial charge in [0.05, 0.1) is 26.4 Å². The highest BCUT2D eigenvalue weighted by molar-refractivity contribution is 6.05. The molecule has 202 valence electrons. The molecule has 5 rings (SSSR count). The normalized spacial score (nSPS) is 19.2. The lowest BCUT2D eigenvalue weighted by atomic mass is 9.71. The fourth-order valence-electron chi connectivity index (χ4n) is 5.79. The Balaban J connectivity index is 1.61. The van der Waals surface area contributed by atoms with Crippen LogP contribution in [0.25, 0.3) is 10.8 Å². The number of ether oxygens (including phenoxy) is 3. The van der Waals surface area contributed by atoms with Crippen LogP contribution >= 0.6 is 0 Å². The first-order valence-corrected chi connectivity index (χ1v) is 13.4. The molecule has 0 fully saturated rings. The third-order valence-corrected chi connectivity index (χ3v) is 7.61. The van der Waals surface area contributed by atoms with Crippen molar-refractivity contribution in [2.24, 2.45) is 5.92 Å². The number of carbonyl (C=O) groups excluding carboxylic acids is 2. The number of dihydropyridines is 1. The molecule has 1 aliphatic heterocycles. The van der Waals surface area contributed by atoms with E-state index in [1.807, 2.05) is 63.2 Å². The Morgan fingerprint density at radius 3 is 2.46 bits per heavy atom. The Labute approximate surface area is 229 Å². The molecule has 0 aromatic heterocycles. The maximum absolute atomic E-state index is 14.0. The van der Waals surface area contributed by atoms with Crippen molar-refractivity contribution < 1.29 is 23.8 Å². The van der Waals surface area contributed by atoms with Gasteiger partial charge >= 0.3 is 5.97 Å². The second-order valence-corrected chi connectivity index (χ2v) is 10.7. The van der Waals surface area contributed by atoms with E-state index >= 15 is 0 Å². The molecule has 0 unspecified atom stereocenters. The number of esters is 1. The van der Waals surface area contributed by atoms with Crippen LogP contribution in [0.3, 0.4) is 0 Å². The second-order valence-electron chi connectivity index (χ2n) is 10.7. The van der Waals surface area contributed by atoms with Gasteiger partial charge in [-0.3, -0.25) is 4.79 Å². The molecule has 39 heavy (non-hydrogen) atoms. The molecule has 1 N–H and O–H groups in total. The average molecular weight is 526 g/mol. The minimum Gasteiger partial charge on any atom is -0.493 e. The number of hydrogen-bond acceptors (Lipinski definition) is 6. The van der Waals surface area contributed by atoms with Crippen molar-refractivity contribution in [3.63, 3.8) is 0 Å². The fraction of sp³-hybridized carbons (Fsp3) is 0.333. The van der Waals surface area contributed by atoms with E-state index < -0.39 is 5.92 Å². The zero-order valence-corrected chi connectivity index (χ0v) is 23.2. The van der Waals surface area contributed by atoms with Gasteiger partial charge in [0.25, 0.3) is 0 Å². The minimum absolute atomic E-state index is 0.0287. The van der Waals surface area contributed by atoms with Gasteiger partial charge in [0.2, 0.25) is 0 Å². The molecule has 0 bridgehead atoms. The van der Waals surface area contributed by atoms with Gasteiger partial charge in [-0.2, -0.15) is 0 Å². The minimum atomic E-state index is -0.508. The summed E-state index contributed by atoms with van der Waals surface area (Å²) in [6, 6.07) is 20.0. The van der Waals surface area contributed by atoms with Gasteiger partial charge < -0.3 is 19.5 Å². The molecule has 0 saturated heterocycles. The molecule has 0 amide bonds. The number of nitrogens with one attached hydrogen (secondary N) is 1. The molecule has 2 atom stereocenters. The summed E-state index contributed by atoms with van der Waals surface area (Å²) in [4.78, 5) is 27.6. The summed E-state index contributed by atoms with van der Waals surface area (Å²) in [7, 11) is 3.22. The van der Waals surface area contributed by atoms with Crippen molar-refractivity contribution in [3.8, 4) is 11.5 Å². The molecular weight excluding hydrogens is 490 g/mol. The second kappa shape index (κ2) is 11.0. The molecule has 2 aliphatic rings. The number of benzene rings is 3. The molecule has 1 heterocycles. The van der Waals surface area contributed by atoms with Crippen LogP contribution in [-0.4, -0.2) is 32.6 Å². The maximum Gasteiger partial charge on any atom is 0.336 e. The molecule has 0 saturated carbocycles. The van der Waals surface area contributed by atoms with Crippen LogP contribution in [0, 0.1) is 5.92 Å². The molecule has 0 spiro atoms. The van der Waals surface area contributed by atoms with Crippen LogP contribution in [0.15, 0.2) is 83.2 Å². The standard InChI is InChI=1S/C33H35NO5/c1-19(2)18-39-33(36)30-20(3)34-26-15-23(22-13-14-28(37-4)29(17-22)38-5)16-27(35)32(26)31(30)25-12-8-10-21-9-6-7-11-24(21)25/h6-14,17,19,23,31,34H,15-16,18H2,1-5H3/t23-,31-/m1/s1. The van der Waals surface area contributed by atoms with Crippen molar-refractivity contribution in [2.75, 3.05) is 20.8 Å². The first-order valence-electron chi connectivity index (χ1n) is 13.4. The van der Waals surface area contributed by atoms with E-state index in [-0.39, 0.29) is 23.6 Å². The summed E-state index contributed by atoms with van der Waals surface area (Å²) in [5, 5.41) is 5.54. The monoisotopic (exact) mass is 525 g/mol. The van der Waals surface area contributed by atoms with Crippen LogP contribution in [0.5, 0.6) is 11.5 Å². The zero-order chi connectivity index (χ0) is 27.7. The van der Waals surface area contributed by atoms with Gasteiger partial charge in [-0.15, -0.1) is 0 Å². The van der Waals surface area contributed by atoms with Crippen LogP contribution in [0.4, 0.5) is 0 Å². The largest absolute Gasteiger partial charge is 0.493 e. The number of Topliss-reactive ketones (excluding diaryl/α,β-unsaturated/α-hetero) is 1. The van der Waals surface area contributed by atoms with E-state index in [4.69, 9.17) is 14.2 Å². The van der Waals surface area contributed by atoms with Crippen LogP contribution in [0.1, 0.15) is 56.6 Å². The van der Waals surface area contributed by atoms with Crippen LogP contribution in [-0.2, 0) is 14.3 Å². The third kappa shape index (κ3) is 5.03. The molecule has 1 aliphatic carbocycles. The lowest BCUT2D eigenvalue weighted by Crippen LogP contribution is -2.36. The van der Waals surface area contributed by atoms with Gasteiger partial charge in [-0.05, 0) is 59.2 Å². The maximum atomic E-state index is 14.0. The zero-order valence-electron chi connectivity index (χ0n) is 23.2. The Bertz CT molecular complexity index is 1490. The quantitative estimate of drug-likeness (QED) is 0.359. The average Bonchev–Trinajstić information content (AvgIpc) is 2.94. The van der Waals surface area contributed by atoms with Gasteiger partial charge in [-0.25, -0.2) is 4.79 Å². The first-order chi connectivity index (χ1) is 18.8. The molecule has 0 radical (unpaired) electrons. The number of rotatable bonds is 7. The lowest BCUT2D eigenvalue weighted by Gasteiger charge is -2.37. The lowest BCUT2D eigenvalue weighted by molar-refractivity contribution is -0.140. The van der Waals surface area contributed by atoms with Crippen molar-refractivity contribution in [2.45, 2.75) is 45.4 Å². The summed E-state index contributed by atoms with van der Waals surface area (Å²) in [5.74, 6) is 0.605. The van der Waals surface area contributed by atoms with Crippen LogP contribution in [0.2, 0.25) is 0 Å². The van der Waals surface area contributed by atoms with Gasteiger partial charge in [0.1, 0.15) is 0 Å². The molecule has 3 aromatic carbocycles. The van der Waals surface area contributed by atoms with E-state index in [1.165, 1.54) is 0 Å². The molecular formula is C33H35NO5. The summed E-state index contributed by atoms with van der Waals surface area (Å²) in [6.45, 7) is 6.24. The number of carbonyl (C=O) groups is 2. The van der Waals surface area contributed by atoms with Crippen molar-refractivity contribution >= 4 is 22.5 Å². The highest BCUT2D eigenvalue weighted by Crippen LogP contribution is 2.47. The SMILES string of the molecule is COc1ccc([C@H]2CC(=O)C3=C(C2)NC(C)=C(C(=O)OCC(C)C)[C@H]3c2cccc3ccccc23)cc1OC. The van der Waals surface area contributed by atoms with Gasteiger partial charge in [-0.1, -0.05) is 62.4 Å². The highest BCUT2D eigenvalue weighted by atomic mass is 16.5. The van der Waals surface area contributed by atoms with E-state index in [0.717, 1.165) is 33.3 Å². The smallest absolute Gasteiger partial charge is 0.336 e. The Hall–Kier alpha value is -4.06. The van der Waals surface area contributed by atoms with Crippen molar-refractivity contribution in [1.82, 2.24) is 5.32 Å². The third-order valence-electron chi connectivity index (χ3n) is 7.61. The number of ketones is 1. The topological polar surface area (TPSA) is 73.9 Å². The Morgan fingerprint density at radius 2 is 1.72 bits per heavy atom. The van der Waals surface area contributed by atoms with Gasteiger partial charge in [0, 0.05) is 29.3 Å². The number of fused-ring (bicyclic) bond motifs is 1. The number of hydrogen-bond donors (Lipinski definition) is 1. The van der Waals surface area contributed by atoms with E-state index in [2.05, 4.69) is 23.5 Å². The Kier molecular flexibility index (Phi) is 7.47.